The van der Waals surface area contributed by atoms with Gasteiger partial charge in [0.15, 0.2) is 0 Å². The topological polar surface area (TPSA) is 75.3 Å². The van der Waals surface area contributed by atoms with E-state index >= 15 is 0 Å². The van der Waals surface area contributed by atoms with Gasteiger partial charge in [0, 0.05) is 16.9 Å². The quantitative estimate of drug-likeness (QED) is 0.691. The minimum atomic E-state index is -3.82. The molecule has 2 N–H and O–H groups in total. The maximum Gasteiger partial charge on any atom is 0.262 e. The van der Waals surface area contributed by atoms with E-state index in [0.29, 0.717) is 16.9 Å². The van der Waals surface area contributed by atoms with E-state index in [2.05, 4.69) is 10.0 Å². The van der Waals surface area contributed by atoms with Crippen molar-refractivity contribution in [2.75, 3.05) is 10.0 Å². The molecule has 0 aliphatic carbocycles. The second-order valence-electron chi connectivity index (χ2n) is 6.28. The smallest absolute Gasteiger partial charge is 0.262 e. The lowest BCUT2D eigenvalue weighted by molar-refractivity contribution is 0.102. The van der Waals surface area contributed by atoms with Crippen LogP contribution in [0.25, 0.3) is 0 Å². The molecule has 0 saturated heterocycles. The summed E-state index contributed by atoms with van der Waals surface area (Å²) in [5, 5.41) is 2.76. The number of hydrogen-bond acceptors (Lipinski definition) is 3. The average Bonchev–Trinajstić information content (AvgIpc) is 2.62. The minimum Gasteiger partial charge on any atom is -0.322 e. The van der Waals surface area contributed by atoms with Crippen LogP contribution >= 0.6 is 0 Å². The van der Waals surface area contributed by atoms with Gasteiger partial charge < -0.3 is 5.32 Å². The van der Waals surface area contributed by atoms with Gasteiger partial charge in [-0.25, -0.2) is 8.42 Å². The lowest BCUT2D eigenvalue weighted by atomic mass is 10.1. The van der Waals surface area contributed by atoms with Crippen molar-refractivity contribution in [1.29, 1.82) is 0 Å². The molecule has 3 aromatic rings. The Kier molecular flexibility index (Phi) is 5.28. The summed E-state index contributed by atoms with van der Waals surface area (Å²) >= 11 is 0. The van der Waals surface area contributed by atoms with Crippen LogP contribution in [0.2, 0.25) is 0 Å². The first-order chi connectivity index (χ1) is 12.8. The minimum absolute atomic E-state index is 0.0738. The highest BCUT2D eigenvalue weighted by Gasteiger charge is 2.19. The SMILES string of the molecule is Cc1cccc(NS(=O)(=O)c2cc(C(=O)Nc3ccccc3)ccc2C)c1. The van der Waals surface area contributed by atoms with Crippen LogP contribution in [0.4, 0.5) is 11.4 Å². The highest BCUT2D eigenvalue weighted by Crippen LogP contribution is 2.22. The third kappa shape index (κ3) is 4.54. The third-order valence-corrected chi connectivity index (χ3v) is 5.57. The third-order valence-electron chi connectivity index (χ3n) is 4.04. The van der Waals surface area contributed by atoms with Crippen molar-refractivity contribution >= 4 is 27.3 Å². The fraction of sp³-hybridized carbons (Fsp3) is 0.0952. The van der Waals surface area contributed by atoms with Crippen molar-refractivity contribution in [3.05, 3.63) is 89.5 Å². The Morgan fingerprint density at radius 1 is 0.815 bits per heavy atom. The van der Waals surface area contributed by atoms with Gasteiger partial charge in [0.2, 0.25) is 0 Å². The Morgan fingerprint density at radius 3 is 2.22 bits per heavy atom. The first-order valence-corrected chi connectivity index (χ1v) is 9.90. The molecule has 6 heteroatoms. The zero-order valence-corrected chi connectivity index (χ0v) is 15.9. The van der Waals surface area contributed by atoms with Gasteiger partial charge in [-0.15, -0.1) is 0 Å². The number of benzene rings is 3. The Labute approximate surface area is 159 Å². The summed E-state index contributed by atoms with van der Waals surface area (Å²) < 4.78 is 28.2. The molecule has 0 atom stereocenters. The van der Waals surface area contributed by atoms with E-state index in [-0.39, 0.29) is 16.4 Å². The van der Waals surface area contributed by atoms with Crippen LogP contribution in [-0.2, 0) is 10.0 Å². The molecular formula is C21H20N2O3S. The van der Waals surface area contributed by atoms with Crippen LogP contribution in [0.3, 0.4) is 0 Å². The maximum atomic E-state index is 12.8. The number of carbonyl (C=O) groups excluding carboxylic acids is 1. The van der Waals surface area contributed by atoms with Crippen LogP contribution in [0, 0.1) is 13.8 Å². The first kappa shape index (κ1) is 18.7. The van der Waals surface area contributed by atoms with Crippen molar-refractivity contribution in [3.8, 4) is 0 Å². The Morgan fingerprint density at radius 2 is 1.52 bits per heavy atom. The lowest BCUT2D eigenvalue weighted by Gasteiger charge is -2.12. The normalized spacial score (nSPS) is 11.0. The number of carbonyl (C=O) groups is 1. The summed E-state index contributed by atoms with van der Waals surface area (Å²) in [7, 11) is -3.82. The summed E-state index contributed by atoms with van der Waals surface area (Å²) in [5.74, 6) is -0.367. The number of para-hydroxylation sites is 1. The molecule has 0 spiro atoms. The number of sulfonamides is 1. The monoisotopic (exact) mass is 380 g/mol. The fourth-order valence-corrected chi connectivity index (χ4v) is 4.00. The highest BCUT2D eigenvalue weighted by atomic mass is 32.2. The maximum absolute atomic E-state index is 12.8. The molecule has 0 saturated carbocycles. The molecule has 1 amide bonds. The van der Waals surface area contributed by atoms with Gasteiger partial charge >= 0.3 is 0 Å². The average molecular weight is 380 g/mol. The first-order valence-electron chi connectivity index (χ1n) is 8.42. The molecular weight excluding hydrogens is 360 g/mol. The fourth-order valence-electron chi connectivity index (χ4n) is 2.67. The van der Waals surface area contributed by atoms with Crippen molar-refractivity contribution < 1.29 is 13.2 Å². The molecule has 3 rings (SSSR count). The number of hydrogen-bond donors (Lipinski definition) is 2. The van der Waals surface area contributed by atoms with E-state index in [1.54, 1.807) is 49.4 Å². The zero-order valence-electron chi connectivity index (χ0n) is 15.1. The number of nitrogens with one attached hydrogen (secondary N) is 2. The van der Waals surface area contributed by atoms with Gasteiger partial charge in [-0.3, -0.25) is 9.52 Å². The van der Waals surface area contributed by atoms with Gasteiger partial charge in [0.25, 0.3) is 15.9 Å². The molecule has 0 aliphatic heterocycles. The second kappa shape index (κ2) is 7.63. The van der Waals surface area contributed by atoms with E-state index in [1.807, 2.05) is 31.2 Å². The van der Waals surface area contributed by atoms with Crippen molar-refractivity contribution in [2.24, 2.45) is 0 Å². The Balaban J connectivity index is 1.89. The van der Waals surface area contributed by atoms with Crippen LogP contribution < -0.4 is 10.0 Å². The van der Waals surface area contributed by atoms with Crippen LogP contribution in [-0.4, -0.2) is 14.3 Å². The predicted octanol–water partition coefficient (Wildman–Crippen LogP) is 4.36. The molecule has 138 valence electrons. The summed E-state index contributed by atoms with van der Waals surface area (Å²) in [5.41, 5.74) is 2.90. The summed E-state index contributed by atoms with van der Waals surface area (Å²) in [4.78, 5) is 12.6. The molecule has 0 radical (unpaired) electrons. The van der Waals surface area contributed by atoms with Crippen molar-refractivity contribution in [3.63, 3.8) is 0 Å². The summed E-state index contributed by atoms with van der Waals surface area (Å²) in [6.45, 7) is 3.58. The van der Waals surface area contributed by atoms with Gasteiger partial charge in [-0.1, -0.05) is 36.4 Å². The van der Waals surface area contributed by atoms with E-state index < -0.39 is 10.0 Å². The molecule has 0 heterocycles. The molecule has 27 heavy (non-hydrogen) atoms. The number of aryl methyl sites for hydroxylation is 2. The summed E-state index contributed by atoms with van der Waals surface area (Å²) in [6, 6.07) is 20.7. The molecule has 0 bridgehead atoms. The van der Waals surface area contributed by atoms with Gasteiger partial charge in [0.05, 0.1) is 4.90 Å². The van der Waals surface area contributed by atoms with E-state index in [4.69, 9.17) is 0 Å². The molecule has 0 fully saturated rings. The van der Waals surface area contributed by atoms with Gasteiger partial charge in [-0.2, -0.15) is 0 Å². The van der Waals surface area contributed by atoms with Gasteiger partial charge in [-0.05, 0) is 61.4 Å². The lowest BCUT2D eigenvalue weighted by Crippen LogP contribution is -2.17. The van der Waals surface area contributed by atoms with Gasteiger partial charge in [0.1, 0.15) is 0 Å². The Bertz CT molecular complexity index is 1080. The van der Waals surface area contributed by atoms with E-state index in [0.717, 1.165) is 5.56 Å². The Hall–Kier alpha value is -3.12. The number of amides is 1. The van der Waals surface area contributed by atoms with Crippen LogP contribution in [0.5, 0.6) is 0 Å². The summed E-state index contributed by atoms with van der Waals surface area (Å²) in [6.07, 6.45) is 0. The van der Waals surface area contributed by atoms with E-state index in [9.17, 15) is 13.2 Å². The van der Waals surface area contributed by atoms with E-state index in [1.165, 1.54) is 6.07 Å². The van der Waals surface area contributed by atoms with Crippen LogP contribution in [0.1, 0.15) is 21.5 Å². The van der Waals surface area contributed by atoms with Crippen molar-refractivity contribution in [1.82, 2.24) is 0 Å². The largest absolute Gasteiger partial charge is 0.322 e. The molecule has 0 unspecified atom stereocenters. The molecule has 0 aromatic heterocycles. The molecule has 5 nitrogen and oxygen atoms in total. The molecule has 3 aromatic carbocycles. The standard InChI is InChI=1S/C21H20N2O3S/c1-15-7-6-10-19(13-15)23-27(25,26)20-14-17(12-11-16(20)2)21(24)22-18-8-4-3-5-9-18/h3-14,23H,1-2H3,(H,22,24). The predicted molar refractivity (Wildman–Crippen MR) is 108 cm³/mol. The van der Waals surface area contributed by atoms with Crippen molar-refractivity contribution in [2.45, 2.75) is 18.7 Å². The zero-order chi connectivity index (χ0) is 19.4. The number of rotatable bonds is 5. The van der Waals surface area contributed by atoms with Crippen LogP contribution in [0.15, 0.2) is 77.7 Å². The molecule has 0 aliphatic rings. The second-order valence-corrected chi connectivity index (χ2v) is 7.93. The number of anilines is 2. The highest BCUT2D eigenvalue weighted by molar-refractivity contribution is 7.92.